The molecule has 0 saturated heterocycles. The van der Waals surface area contributed by atoms with Gasteiger partial charge in [-0.15, -0.1) is 0 Å². The Kier molecular flexibility index (Phi) is 14.2. The van der Waals surface area contributed by atoms with Crippen LogP contribution in [0, 0.1) is 0 Å². The third-order valence-corrected chi connectivity index (χ3v) is 4.89. The number of nitrogens with two attached hydrogens (primary N) is 1. The molecule has 4 nitrogen and oxygen atoms in total. The molecule has 2 N–H and O–H groups in total. The highest BCUT2D eigenvalue weighted by atomic mass is 15.1. The first-order chi connectivity index (χ1) is 12.3. The highest BCUT2D eigenvalue weighted by Gasteiger charge is 1.98. The van der Waals surface area contributed by atoms with Gasteiger partial charge in [0.15, 0.2) is 0 Å². The van der Waals surface area contributed by atoms with Crippen molar-refractivity contribution in [2.24, 2.45) is 0 Å². The second-order valence-electron chi connectivity index (χ2n) is 7.31. The summed E-state index contributed by atoms with van der Waals surface area (Å²) in [6.45, 7) is 2.29. The van der Waals surface area contributed by atoms with Crippen molar-refractivity contribution in [1.29, 1.82) is 0 Å². The molecule has 1 aromatic rings. The fraction of sp³-hybridized carbons (Fsp3) is 0.857. The van der Waals surface area contributed by atoms with Crippen molar-refractivity contribution >= 4 is 5.95 Å². The summed E-state index contributed by atoms with van der Waals surface area (Å²) >= 11 is 0. The van der Waals surface area contributed by atoms with Crippen molar-refractivity contribution in [3.8, 4) is 0 Å². The van der Waals surface area contributed by atoms with E-state index in [0.29, 0.717) is 5.95 Å². The summed E-state index contributed by atoms with van der Waals surface area (Å²) in [5.41, 5.74) is 5.56. The van der Waals surface area contributed by atoms with Crippen molar-refractivity contribution in [2.45, 2.75) is 116 Å². The SMILES string of the molecule is CCCCCCCCCCCCCCCCCCc1ncnc(N)n1. The van der Waals surface area contributed by atoms with Crippen LogP contribution >= 0.6 is 0 Å². The normalized spacial score (nSPS) is 11.1. The van der Waals surface area contributed by atoms with Crippen LogP contribution in [0.25, 0.3) is 0 Å². The number of nitrogen functional groups attached to an aromatic ring is 1. The number of aryl methyl sites for hydroxylation is 1. The monoisotopic (exact) mass is 348 g/mol. The molecular weight excluding hydrogens is 308 g/mol. The van der Waals surface area contributed by atoms with Gasteiger partial charge in [-0.25, -0.2) is 9.97 Å². The lowest BCUT2D eigenvalue weighted by Gasteiger charge is -2.03. The Morgan fingerprint density at radius 3 is 1.52 bits per heavy atom. The van der Waals surface area contributed by atoms with Crippen molar-refractivity contribution in [3.05, 3.63) is 12.2 Å². The first-order valence-corrected chi connectivity index (χ1v) is 10.8. The van der Waals surface area contributed by atoms with Crippen LogP contribution < -0.4 is 5.73 Å². The summed E-state index contributed by atoms with van der Waals surface area (Å²) < 4.78 is 0. The van der Waals surface area contributed by atoms with Gasteiger partial charge in [-0.3, -0.25) is 0 Å². The van der Waals surface area contributed by atoms with E-state index in [9.17, 15) is 0 Å². The molecule has 0 amide bonds. The van der Waals surface area contributed by atoms with E-state index in [1.54, 1.807) is 0 Å². The molecule has 0 radical (unpaired) electrons. The number of hydrogen-bond donors (Lipinski definition) is 1. The van der Waals surface area contributed by atoms with E-state index in [2.05, 4.69) is 21.9 Å². The summed E-state index contributed by atoms with van der Waals surface area (Å²) in [5.74, 6) is 1.17. The molecular formula is C21H40N4. The third kappa shape index (κ3) is 13.7. The Hall–Kier alpha value is -1.19. The standard InChI is InChI=1S/C21H40N4/c1-2-3-4-5-6-7-8-9-10-11-12-13-14-15-16-17-18-20-23-19-24-21(22)25-20/h19H,2-18H2,1H3,(H2,22,23,24,25). The number of rotatable bonds is 17. The lowest BCUT2D eigenvalue weighted by atomic mass is 10.0. The van der Waals surface area contributed by atoms with Gasteiger partial charge in [-0.1, -0.05) is 103 Å². The average Bonchev–Trinajstić information content (AvgIpc) is 2.61. The number of nitrogens with zero attached hydrogens (tertiary/aromatic N) is 3. The zero-order chi connectivity index (χ0) is 18.0. The van der Waals surface area contributed by atoms with Gasteiger partial charge in [0.25, 0.3) is 0 Å². The molecule has 0 aliphatic rings. The first-order valence-electron chi connectivity index (χ1n) is 10.8. The Morgan fingerprint density at radius 1 is 0.640 bits per heavy atom. The molecule has 1 heterocycles. The fourth-order valence-electron chi connectivity index (χ4n) is 3.30. The maximum Gasteiger partial charge on any atom is 0.223 e. The second kappa shape index (κ2) is 16.3. The van der Waals surface area contributed by atoms with Gasteiger partial charge in [0.1, 0.15) is 12.2 Å². The average molecular weight is 349 g/mol. The Morgan fingerprint density at radius 2 is 1.08 bits per heavy atom. The van der Waals surface area contributed by atoms with Crippen LogP contribution in [0.1, 0.15) is 115 Å². The summed E-state index contributed by atoms with van der Waals surface area (Å²) in [7, 11) is 0. The Balaban J connectivity index is 1.75. The van der Waals surface area contributed by atoms with Crippen LogP contribution in [0.5, 0.6) is 0 Å². The van der Waals surface area contributed by atoms with Crippen molar-refractivity contribution in [1.82, 2.24) is 15.0 Å². The maximum absolute atomic E-state index is 5.56. The van der Waals surface area contributed by atoms with E-state index in [-0.39, 0.29) is 0 Å². The minimum absolute atomic E-state index is 0.335. The highest BCUT2D eigenvalue weighted by molar-refractivity contribution is 5.12. The minimum atomic E-state index is 0.335. The molecule has 0 fully saturated rings. The molecule has 0 aliphatic carbocycles. The zero-order valence-corrected chi connectivity index (χ0v) is 16.5. The minimum Gasteiger partial charge on any atom is -0.368 e. The Labute approximate surface area is 155 Å². The van der Waals surface area contributed by atoms with E-state index in [1.165, 1.54) is 103 Å². The summed E-state index contributed by atoms with van der Waals surface area (Å²) in [4.78, 5) is 12.1. The van der Waals surface area contributed by atoms with Crippen LogP contribution in [-0.4, -0.2) is 15.0 Å². The quantitative estimate of drug-likeness (QED) is 0.337. The van der Waals surface area contributed by atoms with E-state index < -0.39 is 0 Å². The molecule has 0 unspecified atom stereocenters. The predicted octanol–water partition coefficient (Wildman–Crippen LogP) is 6.26. The van der Waals surface area contributed by atoms with Gasteiger partial charge < -0.3 is 5.73 Å². The molecule has 0 aliphatic heterocycles. The van der Waals surface area contributed by atoms with Crippen molar-refractivity contribution < 1.29 is 0 Å². The molecule has 4 heteroatoms. The van der Waals surface area contributed by atoms with Gasteiger partial charge in [0.2, 0.25) is 5.95 Å². The summed E-state index contributed by atoms with van der Waals surface area (Å²) in [6, 6.07) is 0. The molecule has 0 saturated carbocycles. The second-order valence-corrected chi connectivity index (χ2v) is 7.31. The molecule has 0 spiro atoms. The van der Waals surface area contributed by atoms with E-state index in [0.717, 1.165) is 18.7 Å². The van der Waals surface area contributed by atoms with Gasteiger partial charge in [-0.2, -0.15) is 4.98 Å². The number of unbranched alkanes of at least 4 members (excludes halogenated alkanes) is 15. The zero-order valence-electron chi connectivity index (χ0n) is 16.5. The third-order valence-electron chi connectivity index (χ3n) is 4.89. The molecule has 1 rings (SSSR count). The van der Waals surface area contributed by atoms with Crippen LogP contribution in [0.15, 0.2) is 6.33 Å². The molecule has 0 atom stereocenters. The number of hydrogen-bond acceptors (Lipinski definition) is 4. The van der Waals surface area contributed by atoms with Gasteiger partial charge in [-0.05, 0) is 6.42 Å². The van der Waals surface area contributed by atoms with Crippen LogP contribution in [-0.2, 0) is 6.42 Å². The van der Waals surface area contributed by atoms with E-state index in [4.69, 9.17) is 5.73 Å². The maximum atomic E-state index is 5.56. The molecule has 25 heavy (non-hydrogen) atoms. The fourth-order valence-corrected chi connectivity index (χ4v) is 3.30. The van der Waals surface area contributed by atoms with Gasteiger partial charge in [0.05, 0.1) is 0 Å². The van der Waals surface area contributed by atoms with E-state index >= 15 is 0 Å². The molecule has 0 bridgehead atoms. The lowest BCUT2D eigenvalue weighted by molar-refractivity contribution is 0.529. The summed E-state index contributed by atoms with van der Waals surface area (Å²) in [5, 5.41) is 0. The number of anilines is 1. The first kappa shape index (κ1) is 21.9. The smallest absolute Gasteiger partial charge is 0.223 e. The largest absolute Gasteiger partial charge is 0.368 e. The number of aromatic nitrogens is 3. The molecule has 0 aromatic carbocycles. The van der Waals surface area contributed by atoms with Crippen molar-refractivity contribution in [2.75, 3.05) is 5.73 Å². The summed E-state index contributed by atoms with van der Waals surface area (Å²) in [6.07, 6.45) is 24.7. The molecule has 1 aromatic heterocycles. The Bertz CT molecular complexity index is 409. The van der Waals surface area contributed by atoms with Crippen LogP contribution in [0.3, 0.4) is 0 Å². The topological polar surface area (TPSA) is 64.7 Å². The highest BCUT2D eigenvalue weighted by Crippen LogP contribution is 2.14. The van der Waals surface area contributed by atoms with Crippen LogP contribution in [0.4, 0.5) is 5.95 Å². The van der Waals surface area contributed by atoms with E-state index in [1.807, 2.05) is 0 Å². The van der Waals surface area contributed by atoms with Gasteiger partial charge >= 0.3 is 0 Å². The predicted molar refractivity (Wildman–Crippen MR) is 107 cm³/mol. The van der Waals surface area contributed by atoms with Crippen LogP contribution in [0.2, 0.25) is 0 Å². The molecule has 144 valence electrons. The lowest BCUT2D eigenvalue weighted by Crippen LogP contribution is -2.01. The van der Waals surface area contributed by atoms with Gasteiger partial charge in [0, 0.05) is 6.42 Å². The van der Waals surface area contributed by atoms with Crippen molar-refractivity contribution in [3.63, 3.8) is 0 Å².